The zero-order chi connectivity index (χ0) is 40.5. The molecule has 298 valence electrons. The number of hydrogen-bond donors (Lipinski definition) is 6. The summed E-state index contributed by atoms with van der Waals surface area (Å²) in [4.78, 5) is 73.0. The minimum absolute atomic E-state index is 0.198. The molecule has 20 nitrogen and oxygen atoms in total. The first kappa shape index (κ1) is 43.8. The van der Waals surface area contributed by atoms with Gasteiger partial charge in [-0.3, -0.25) is 14.4 Å². The van der Waals surface area contributed by atoms with Crippen molar-refractivity contribution in [1.29, 1.82) is 0 Å². The Balaban J connectivity index is 1.48. The van der Waals surface area contributed by atoms with E-state index in [9.17, 15) is 51.9 Å². The van der Waals surface area contributed by atoms with Gasteiger partial charge in [0.15, 0.2) is 20.4 Å². The van der Waals surface area contributed by atoms with Crippen LogP contribution in [-0.4, -0.2) is 29.4 Å². The molecule has 4 aromatic carbocycles. The number of phosphoric ester groups is 1. The molecule has 5 rings (SSSR count). The van der Waals surface area contributed by atoms with E-state index in [0.29, 0.717) is 16.3 Å². The van der Waals surface area contributed by atoms with Gasteiger partial charge in [-0.2, -0.15) is 12.9 Å². The van der Waals surface area contributed by atoms with Crippen molar-refractivity contribution in [3.05, 3.63) is 103 Å². The van der Waals surface area contributed by atoms with Gasteiger partial charge in [0.05, 0.1) is 0 Å². The molecular weight excluding hydrogens is 872 g/mol. The Morgan fingerprint density at radius 1 is 0.618 bits per heavy atom. The van der Waals surface area contributed by atoms with Crippen LogP contribution in [0.3, 0.4) is 0 Å². The van der Waals surface area contributed by atoms with Crippen molar-refractivity contribution in [3.8, 4) is 5.75 Å². The summed E-state index contributed by atoms with van der Waals surface area (Å²) in [6.45, 7) is 2.07. The highest BCUT2D eigenvalue weighted by Crippen LogP contribution is 2.74. The van der Waals surface area contributed by atoms with Crippen molar-refractivity contribution < 1.29 is 87.7 Å². The van der Waals surface area contributed by atoms with Gasteiger partial charge >= 0.3 is 39.1 Å². The van der Waals surface area contributed by atoms with Crippen LogP contribution in [0.15, 0.2) is 112 Å². The highest BCUT2D eigenvalue weighted by Gasteiger charge is 2.48. The van der Waals surface area contributed by atoms with Crippen molar-refractivity contribution in [2.75, 3.05) is 4.90 Å². The predicted molar refractivity (Wildman–Crippen MR) is 193 cm³/mol. The van der Waals surface area contributed by atoms with E-state index in [1.807, 2.05) is 72.8 Å². The van der Waals surface area contributed by atoms with Gasteiger partial charge < -0.3 is 33.9 Å². The summed E-state index contributed by atoms with van der Waals surface area (Å²) < 4.78 is 95.8. The molecule has 6 N–H and O–H groups in total. The zero-order valence-electron chi connectivity index (χ0n) is 27.9. The first-order valence-electron chi connectivity index (χ1n) is 15.3. The van der Waals surface area contributed by atoms with Gasteiger partial charge in [0, 0.05) is 5.69 Å². The second kappa shape index (κ2) is 16.9. The predicted octanol–water partition coefficient (Wildman–Crippen LogP) is 7.33. The largest absolute Gasteiger partial charge is 0.756 e. The molecule has 0 saturated carbocycles. The summed E-state index contributed by atoms with van der Waals surface area (Å²) in [5.74, 6) is -0.389. The van der Waals surface area contributed by atoms with Crippen LogP contribution < -0.4 is 14.3 Å². The number of anilines is 3. The molecule has 55 heavy (non-hydrogen) atoms. The summed E-state index contributed by atoms with van der Waals surface area (Å²) in [7, 11) is -38.4. The Hall–Kier alpha value is -2.27. The summed E-state index contributed by atoms with van der Waals surface area (Å²) >= 11 is 0. The number of nitrogens with zero attached hydrogens (tertiary/aromatic N) is 1. The summed E-state index contributed by atoms with van der Waals surface area (Å²) in [5, 5.41) is 0. The highest BCUT2D eigenvalue weighted by molar-refractivity contribution is 7.97. The van der Waals surface area contributed by atoms with Crippen molar-refractivity contribution in [2.45, 2.75) is 40.9 Å². The molecule has 0 bridgehead atoms. The minimum atomic E-state index is -6.70. The normalized spacial score (nSPS) is 19.7. The second-order valence-corrected chi connectivity index (χ2v) is 22.1. The molecular formula is C28H31NO19P6S. The molecule has 0 fully saturated rings. The lowest BCUT2D eigenvalue weighted by atomic mass is 10.1. The fourth-order valence-electron chi connectivity index (χ4n) is 5.13. The van der Waals surface area contributed by atoms with E-state index < -0.39 is 57.8 Å². The standard InChI is InChI=1S/C28H31NO19P6S/c1-2-3-10-21-17-19-22(20-18-21)29-24-13-7-8-15-26(24)55(23-11-5-4-6-12-23)27-16-9-14-25(28(27)29)43-50(33,34)45-52(37,38)47-54(41,42)48-53(39,40)46-51(35,36)44-49(30,31)32/h4-9,11-20H,2-3,10H2,1H3,(H6-,30,31,32,33,34,35,36,37,38,39,40,41,42). The molecule has 27 heteroatoms. The van der Waals surface area contributed by atoms with Crippen LogP contribution in [0.5, 0.6) is 5.75 Å². The zero-order valence-corrected chi connectivity index (χ0v) is 34.1. The summed E-state index contributed by atoms with van der Waals surface area (Å²) in [5.41, 5.74) is 2.48. The van der Waals surface area contributed by atoms with Gasteiger partial charge in [0.1, 0.15) is 22.3 Å². The van der Waals surface area contributed by atoms with E-state index >= 15 is 0 Å². The molecule has 1 aliphatic heterocycles. The number of benzene rings is 4. The van der Waals surface area contributed by atoms with Crippen LogP contribution in [0.25, 0.3) is 0 Å². The maximum Gasteiger partial charge on any atom is 0.536 e. The van der Waals surface area contributed by atoms with Gasteiger partial charge in [-0.1, -0.05) is 61.9 Å². The molecule has 0 aromatic heterocycles. The van der Waals surface area contributed by atoms with Crippen LogP contribution in [0, 0.1) is 0 Å². The maximum atomic E-state index is 13.3. The lowest BCUT2D eigenvalue weighted by Gasteiger charge is -2.33. The fraction of sp³-hybridized carbons (Fsp3) is 0.143. The Labute approximate surface area is 315 Å². The third-order valence-electron chi connectivity index (χ3n) is 6.97. The van der Waals surface area contributed by atoms with Crippen molar-refractivity contribution in [1.82, 2.24) is 0 Å². The third kappa shape index (κ3) is 11.9. The molecule has 0 saturated heterocycles. The van der Waals surface area contributed by atoms with E-state index in [1.54, 1.807) is 17.0 Å². The third-order valence-corrected chi connectivity index (χ3v) is 17.9. The van der Waals surface area contributed by atoms with Crippen LogP contribution in [-0.2, 0) is 66.3 Å². The first-order chi connectivity index (χ1) is 25.5. The molecule has 0 aliphatic carbocycles. The molecule has 6 atom stereocenters. The number of unbranched alkanes of at least 4 members (excludes halogenated alkanes) is 1. The maximum absolute atomic E-state index is 13.3. The Bertz CT molecular complexity index is 2330. The van der Waals surface area contributed by atoms with Crippen LogP contribution in [0.4, 0.5) is 17.1 Å². The summed E-state index contributed by atoms with van der Waals surface area (Å²) in [6.07, 6.45) is 2.75. The average molecular weight is 903 g/mol. The van der Waals surface area contributed by atoms with Gasteiger partial charge in [-0.05, 0) is 66.9 Å². The highest BCUT2D eigenvalue weighted by atomic mass is 32.2. The van der Waals surface area contributed by atoms with E-state index in [2.05, 4.69) is 28.5 Å². The molecule has 0 amide bonds. The number of phosphoric acid groups is 6. The van der Waals surface area contributed by atoms with Gasteiger partial charge in [-0.15, -0.1) is 0 Å². The Kier molecular flexibility index (Phi) is 13.5. The van der Waals surface area contributed by atoms with Crippen molar-refractivity contribution in [3.63, 3.8) is 0 Å². The summed E-state index contributed by atoms with van der Waals surface area (Å²) in [6, 6.07) is 28.6. The minimum Gasteiger partial charge on any atom is -0.756 e. The average Bonchev–Trinajstić information content (AvgIpc) is 3.03. The van der Waals surface area contributed by atoms with E-state index in [4.69, 9.17) is 14.3 Å². The van der Waals surface area contributed by atoms with Crippen molar-refractivity contribution >= 4 is 74.9 Å². The quantitative estimate of drug-likeness (QED) is 0.0393. The van der Waals surface area contributed by atoms with Crippen LogP contribution in [0.1, 0.15) is 25.3 Å². The molecule has 4 aromatic rings. The molecule has 1 aliphatic rings. The number of fused-ring (bicyclic) bond motifs is 2. The topological polar surface area (TPSA) is 305 Å². The first-order valence-corrected chi connectivity index (χ1v) is 25.5. The molecule has 0 spiro atoms. The fourth-order valence-corrected chi connectivity index (χ4v) is 14.8. The smallest absolute Gasteiger partial charge is 0.536 e. The van der Waals surface area contributed by atoms with Gasteiger partial charge in [-0.25, -0.2) is 31.4 Å². The van der Waals surface area contributed by atoms with E-state index in [0.717, 1.165) is 34.6 Å². The lowest BCUT2D eigenvalue weighted by molar-refractivity contribution is -0.210. The lowest BCUT2D eigenvalue weighted by Crippen LogP contribution is -2.23. The van der Waals surface area contributed by atoms with Crippen molar-refractivity contribution in [2.24, 2.45) is 0 Å². The molecule has 0 radical (unpaired) electrons. The number of aryl methyl sites for hydroxylation is 1. The van der Waals surface area contributed by atoms with Gasteiger partial charge in [0.25, 0.3) is 7.82 Å². The molecule has 6 unspecified atom stereocenters. The van der Waals surface area contributed by atoms with Crippen LogP contribution >= 0.6 is 46.9 Å². The number of para-hydroxylation sites is 2. The Morgan fingerprint density at radius 2 is 1.16 bits per heavy atom. The Morgan fingerprint density at radius 3 is 1.76 bits per heavy atom. The molecule has 1 heterocycles. The SMILES string of the molecule is CCCCc1ccc(N2c3ccccc3[S+](c3ccccc3)c3cccc(OP(=O)(O)OP(=O)(O)OP(=O)([O-])OP(=O)(O)OP(=O)(O)OP(=O)(O)O)c32)cc1. The monoisotopic (exact) mass is 903 g/mol. The van der Waals surface area contributed by atoms with Crippen LogP contribution in [0.2, 0.25) is 0 Å². The van der Waals surface area contributed by atoms with Gasteiger partial charge in [0.2, 0.25) is 0 Å². The second-order valence-electron chi connectivity index (χ2n) is 11.1. The number of rotatable bonds is 17. The van der Waals surface area contributed by atoms with E-state index in [-0.39, 0.29) is 11.4 Å². The number of hydrogen-bond acceptors (Lipinski definition) is 14. The van der Waals surface area contributed by atoms with E-state index in [1.165, 1.54) is 12.1 Å².